The highest BCUT2D eigenvalue weighted by Crippen LogP contribution is 2.35. The van der Waals surface area contributed by atoms with Crippen molar-refractivity contribution in [3.63, 3.8) is 0 Å². The molecule has 9 heteroatoms. The molecule has 3 aromatic heterocycles. The van der Waals surface area contributed by atoms with Gasteiger partial charge in [-0.3, -0.25) is 0 Å². The molecule has 1 N–H and O–H groups in total. The maximum absolute atomic E-state index is 4.27. The fourth-order valence-corrected chi connectivity index (χ4v) is 2.77. The summed E-state index contributed by atoms with van der Waals surface area (Å²) in [6.07, 6.45) is 5.48. The largest absolute Gasteiger partial charge is 0.341 e. The van der Waals surface area contributed by atoms with Gasteiger partial charge in [0.05, 0.1) is 18.1 Å². The molecule has 0 unspecified atom stereocenters. The lowest BCUT2D eigenvalue weighted by Crippen LogP contribution is -2.02. The Hall–Kier alpha value is -2.03. The number of fused-ring (bicyclic) bond motifs is 1. The molecule has 0 atom stereocenters. The lowest BCUT2D eigenvalue weighted by Gasteiger charge is -2.02. The Morgan fingerprint density at radius 2 is 2.26 bits per heavy atom. The molecule has 0 amide bonds. The quantitative estimate of drug-likeness (QED) is 0.559. The first-order chi connectivity index (χ1) is 9.42. The van der Waals surface area contributed by atoms with Crippen LogP contribution in [-0.4, -0.2) is 40.1 Å². The van der Waals surface area contributed by atoms with Crippen LogP contribution in [0.2, 0.25) is 0 Å². The number of H-pyrrole nitrogens is 1. The van der Waals surface area contributed by atoms with Gasteiger partial charge >= 0.3 is 0 Å². The average molecular weight is 274 g/mol. The third-order valence-corrected chi connectivity index (χ3v) is 3.97. The van der Waals surface area contributed by atoms with Crippen LogP contribution in [-0.2, 0) is 5.75 Å². The van der Waals surface area contributed by atoms with E-state index >= 15 is 0 Å². The fraction of sp³-hybridized carbons (Fsp3) is 0.400. The molecule has 1 aliphatic carbocycles. The number of rotatable bonds is 4. The van der Waals surface area contributed by atoms with Crippen LogP contribution in [0.1, 0.15) is 24.7 Å². The van der Waals surface area contributed by atoms with E-state index in [1.807, 2.05) is 4.68 Å². The van der Waals surface area contributed by atoms with Gasteiger partial charge in [-0.2, -0.15) is 0 Å². The van der Waals surface area contributed by atoms with Crippen LogP contribution < -0.4 is 0 Å². The van der Waals surface area contributed by atoms with Crippen LogP contribution in [0, 0.1) is 0 Å². The van der Waals surface area contributed by atoms with Crippen LogP contribution in [0.25, 0.3) is 11.2 Å². The van der Waals surface area contributed by atoms with Crippen molar-refractivity contribution in [3.05, 3.63) is 18.5 Å². The van der Waals surface area contributed by atoms with Gasteiger partial charge in [-0.15, -0.1) is 5.10 Å². The Bertz CT molecular complexity index is 715. The SMILES string of the molecule is c1nc(SCc2nnnn2C2CC2)c2[nH]cnc2n1. The van der Waals surface area contributed by atoms with Gasteiger partial charge in [0.2, 0.25) is 0 Å². The standard InChI is InChI=1S/C10H10N8S/c1-2-6(1)18-7(15-16-17-18)3-19-10-8-9(12-4-11-8)13-5-14-10/h4-6H,1-3H2,(H,11,12,13,14). The van der Waals surface area contributed by atoms with Crippen molar-refractivity contribution >= 4 is 22.9 Å². The Morgan fingerprint density at radius 3 is 3.16 bits per heavy atom. The number of hydrogen-bond donors (Lipinski definition) is 1. The predicted octanol–water partition coefficient (Wildman–Crippen LogP) is 0.967. The van der Waals surface area contributed by atoms with E-state index in [1.165, 1.54) is 19.2 Å². The van der Waals surface area contributed by atoms with E-state index < -0.39 is 0 Å². The zero-order chi connectivity index (χ0) is 12.7. The monoisotopic (exact) mass is 274 g/mol. The van der Waals surface area contributed by atoms with E-state index in [2.05, 4.69) is 35.5 Å². The zero-order valence-corrected chi connectivity index (χ0v) is 10.7. The number of aromatic nitrogens is 8. The highest BCUT2D eigenvalue weighted by molar-refractivity contribution is 7.98. The van der Waals surface area contributed by atoms with E-state index in [1.54, 1.807) is 18.1 Å². The first kappa shape index (κ1) is 10.9. The van der Waals surface area contributed by atoms with Crippen molar-refractivity contribution in [2.45, 2.75) is 29.7 Å². The molecule has 1 fully saturated rings. The van der Waals surface area contributed by atoms with Gasteiger partial charge < -0.3 is 4.98 Å². The first-order valence-corrected chi connectivity index (χ1v) is 6.94. The molecule has 0 bridgehead atoms. The molecule has 0 aromatic carbocycles. The van der Waals surface area contributed by atoms with Gasteiger partial charge in [0.1, 0.15) is 16.9 Å². The Labute approximate surface area is 112 Å². The number of thioether (sulfide) groups is 1. The summed E-state index contributed by atoms with van der Waals surface area (Å²) in [6.45, 7) is 0. The summed E-state index contributed by atoms with van der Waals surface area (Å²) in [4.78, 5) is 15.5. The average Bonchev–Trinajstić information content (AvgIpc) is 2.99. The third kappa shape index (κ3) is 1.95. The van der Waals surface area contributed by atoms with Crippen molar-refractivity contribution in [1.29, 1.82) is 0 Å². The van der Waals surface area contributed by atoms with E-state index in [4.69, 9.17) is 0 Å². The maximum Gasteiger partial charge on any atom is 0.181 e. The molecule has 0 saturated heterocycles. The van der Waals surface area contributed by atoms with Gasteiger partial charge in [-0.25, -0.2) is 19.6 Å². The topological polar surface area (TPSA) is 98.1 Å². The molecule has 8 nitrogen and oxygen atoms in total. The van der Waals surface area contributed by atoms with E-state index in [9.17, 15) is 0 Å². The molecule has 0 spiro atoms. The number of nitrogens with one attached hydrogen (secondary N) is 1. The smallest absolute Gasteiger partial charge is 0.181 e. The summed E-state index contributed by atoms with van der Waals surface area (Å²) < 4.78 is 1.92. The molecular formula is C10H10N8S. The lowest BCUT2D eigenvalue weighted by molar-refractivity contribution is 0.593. The summed E-state index contributed by atoms with van der Waals surface area (Å²) in [5, 5.41) is 12.7. The summed E-state index contributed by atoms with van der Waals surface area (Å²) >= 11 is 1.59. The van der Waals surface area contributed by atoms with Gasteiger partial charge in [0.15, 0.2) is 11.5 Å². The second kappa shape index (κ2) is 4.26. The van der Waals surface area contributed by atoms with Crippen LogP contribution >= 0.6 is 11.8 Å². The number of imidazole rings is 1. The van der Waals surface area contributed by atoms with E-state index in [0.29, 0.717) is 17.4 Å². The molecule has 96 valence electrons. The minimum absolute atomic E-state index is 0.489. The normalized spacial score (nSPS) is 15.2. The molecule has 1 saturated carbocycles. The van der Waals surface area contributed by atoms with E-state index in [-0.39, 0.29) is 0 Å². The Balaban J connectivity index is 1.58. The van der Waals surface area contributed by atoms with Gasteiger partial charge in [0.25, 0.3) is 0 Å². The third-order valence-electron chi connectivity index (χ3n) is 2.98. The summed E-state index contributed by atoms with van der Waals surface area (Å²) in [6, 6.07) is 0.489. The van der Waals surface area contributed by atoms with Crippen molar-refractivity contribution in [1.82, 2.24) is 40.1 Å². The molecule has 1 aliphatic rings. The second-order valence-electron chi connectivity index (χ2n) is 4.34. The van der Waals surface area contributed by atoms with Crippen molar-refractivity contribution < 1.29 is 0 Å². The molecule has 3 aromatic rings. The number of hydrogen-bond acceptors (Lipinski definition) is 7. The van der Waals surface area contributed by atoms with E-state index in [0.717, 1.165) is 16.4 Å². The van der Waals surface area contributed by atoms with Crippen LogP contribution in [0.5, 0.6) is 0 Å². The number of aromatic amines is 1. The Morgan fingerprint density at radius 1 is 1.32 bits per heavy atom. The highest BCUT2D eigenvalue weighted by atomic mass is 32.2. The van der Waals surface area contributed by atoms with Crippen LogP contribution in [0.3, 0.4) is 0 Å². The van der Waals surface area contributed by atoms with Crippen molar-refractivity contribution in [3.8, 4) is 0 Å². The predicted molar refractivity (Wildman–Crippen MR) is 67.3 cm³/mol. The molecule has 19 heavy (non-hydrogen) atoms. The number of nitrogens with zero attached hydrogens (tertiary/aromatic N) is 7. The molecular weight excluding hydrogens is 264 g/mol. The molecule has 0 radical (unpaired) electrons. The van der Waals surface area contributed by atoms with Crippen LogP contribution in [0.15, 0.2) is 17.7 Å². The van der Waals surface area contributed by atoms with Gasteiger partial charge in [0, 0.05) is 0 Å². The lowest BCUT2D eigenvalue weighted by atomic mass is 10.6. The molecule has 0 aliphatic heterocycles. The molecule has 4 rings (SSSR count). The zero-order valence-electron chi connectivity index (χ0n) is 9.89. The highest BCUT2D eigenvalue weighted by Gasteiger charge is 2.27. The minimum atomic E-state index is 0.489. The van der Waals surface area contributed by atoms with Crippen molar-refractivity contribution in [2.24, 2.45) is 0 Å². The summed E-state index contributed by atoms with van der Waals surface area (Å²) in [5.74, 6) is 1.58. The minimum Gasteiger partial charge on any atom is -0.341 e. The van der Waals surface area contributed by atoms with Gasteiger partial charge in [-0.1, -0.05) is 11.8 Å². The second-order valence-corrected chi connectivity index (χ2v) is 5.30. The maximum atomic E-state index is 4.27. The fourth-order valence-electron chi connectivity index (χ4n) is 1.90. The number of tetrazole rings is 1. The van der Waals surface area contributed by atoms with Crippen LogP contribution in [0.4, 0.5) is 0 Å². The summed E-state index contributed by atoms with van der Waals surface area (Å²) in [5.41, 5.74) is 1.54. The molecule has 3 heterocycles. The summed E-state index contributed by atoms with van der Waals surface area (Å²) in [7, 11) is 0. The van der Waals surface area contributed by atoms with Crippen molar-refractivity contribution in [2.75, 3.05) is 0 Å². The van der Waals surface area contributed by atoms with Gasteiger partial charge in [-0.05, 0) is 23.3 Å². The Kier molecular flexibility index (Phi) is 2.44. The first-order valence-electron chi connectivity index (χ1n) is 5.95.